The number of carbonyl (C=O) groups excluding carboxylic acids is 3. The Hall–Kier alpha value is -3.10. The van der Waals surface area contributed by atoms with Gasteiger partial charge in [-0.15, -0.1) is 0 Å². The zero-order valence-electron chi connectivity index (χ0n) is 16.3. The van der Waals surface area contributed by atoms with Crippen LogP contribution >= 0.6 is 0 Å². The minimum atomic E-state index is -0.688. The van der Waals surface area contributed by atoms with Gasteiger partial charge in [0.1, 0.15) is 5.69 Å². The molecule has 2 N–H and O–H groups in total. The molecule has 0 bridgehead atoms. The molecule has 0 atom stereocenters. The molecule has 0 aliphatic heterocycles. The molecule has 2 aromatic rings. The van der Waals surface area contributed by atoms with Crippen molar-refractivity contribution in [3.63, 3.8) is 0 Å². The van der Waals surface area contributed by atoms with E-state index in [9.17, 15) is 14.4 Å². The highest BCUT2D eigenvalue weighted by molar-refractivity contribution is 6.00. The zero-order valence-corrected chi connectivity index (χ0v) is 16.3. The van der Waals surface area contributed by atoms with E-state index < -0.39 is 24.5 Å². The summed E-state index contributed by atoms with van der Waals surface area (Å²) in [6.45, 7) is 8.34. The number of carbonyl (C=O) groups is 3. The topological polar surface area (TPSA) is 115 Å². The SMILES string of the molecule is CCOC(=O)c1[nH]c(C)c(C(=O)OCC(=O)Nc2c(C)nn(C)c2C)c1C. The molecule has 9 nitrogen and oxygen atoms in total. The van der Waals surface area contributed by atoms with Gasteiger partial charge in [-0.2, -0.15) is 5.10 Å². The Bertz CT molecular complexity index is 894. The summed E-state index contributed by atoms with van der Waals surface area (Å²) >= 11 is 0. The maximum absolute atomic E-state index is 12.4. The normalized spacial score (nSPS) is 10.6. The van der Waals surface area contributed by atoms with Gasteiger partial charge in [-0.1, -0.05) is 0 Å². The number of rotatable bonds is 6. The molecule has 2 rings (SSSR count). The third kappa shape index (κ3) is 4.18. The van der Waals surface area contributed by atoms with Crippen molar-refractivity contribution >= 4 is 23.5 Å². The second kappa shape index (κ2) is 8.07. The van der Waals surface area contributed by atoms with Gasteiger partial charge in [0.15, 0.2) is 6.61 Å². The quantitative estimate of drug-likeness (QED) is 0.745. The Morgan fingerprint density at radius 2 is 1.78 bits per heavy atom. The molecular weight excluding hydrogens is 352 g/mol. The highest BCUT2D eigenvalue weighted by Crippen LogP contribution is 2.20. The van der Waals surface area contributed by atoms with Gasteiger partial charge >= 0.3 is 11.9 Å². The van der Waals surface area contributed by atoms with Gasteiger partial charge in [0.2, 0.25) is 0 Å². The van der Waals surface area contributed by atoms with Crippen molar-refractivity contribution < 1.29 is 23.9 Å². The van der Waals surface area contributed by atoms with Crippen LogP contribution in [0.5, 0.6) is 0 Å². The highest BCUT2D eigenvalue weighted by Gasteiger charge is 2.24. The number of aromatic nitrogens is 3. The van der Waals surface area contributed by atoms with Crippen LogP contribution in [-0.2, 0) is 21.3 Å². The minimum absolute atomic E-state index is 0.201. The molecule has 0 aliphatic rings. The molecule has 2 heterocycles. The Morgan fingerprint density at radius 1 is 1.11 bits per heavy atom. The van der Waals surface area contributed by atoms with Gasteiger partial charge in [0.25, 0.3) is 5.91 Å². The number of amides is 1. The van der Waals surface area contributed by atoms with Crippen LogP contribution in [-0.4, -0.2) is 45.8 Å². The van der Waals surface area contributed by atoms with Crippen LogP contribution in [0.4, 0.5) is 5.69 Å². The standard InChI is InChI=1S/C18H24N4O5/c1-7-26-18(25)15-9(2)14(10(3)19-15)17(24)27-8-13(23)20-16-11(4)21-22(6)12(16)5/h19H,7-8H2,1-6H3,(H,20,23). The van der Waals surface area contributed by atoms with Crippen LogP contribution in [0.2, 0.25) is 0 Å². The Kier molecular flexibility index (Phi) is 6.04. The number of aromatic amines is 1. The lowest BCUT2D eigenvalue weighted by Gasteiger charge is -2.07. The fraction of sp³-hybridized carbons (Fsp3) is 0.444. The summed E-state index contributed by atoms with van der Waals surface area (Å²) in [6, 6.07) is 0. The average molecular weight is 376 g/mol. The molecule has 0 saturated carbocycles. The van der Waals surface area contributed by atoms with E-state index in [0.717, 1.165) is 5.69 Å². The van der Waals surface area contributed by atoms with Crippen LogP contribution in [0.15, 0.2) is 0 Å². The monoisotopic (exact) mass is 376 g/mol. The van der Waals surface area contributed by atoms with Gasteiger partial charge in [0.05, 0.1) is 29.2 Å². The summed E-state index contributed by atoms with van der Waals surface area (Å²) in [5, 5.41) is 6.90. The first-order chi connectivity index (χ1) is 12.7. The van der Waals surface area contributed by atoms with Gasteiger partial charge in [-0.3, -0.25) is 9.48 Å². The van der Waals surface area contributed by atoms with Crippen molar-refractivity contribution in [3.05, 3.63) is 33.9 Å². The third-order valence-corrected chi connectivity index (χ3v) is 4.23. The van der Waals surface area contributed by atoms with Crippen LogP contribution < -0.4 is 5.32 Å². The first-order valence-corrected chi connectivity index (χ1v) is 8.50. The van der Waals surface area contributed by atoms with Crippen molar-refractivity contribution in [1.82, 2.24) is 14.8 Å². The van der Waals surface area contributed by atoms with E-state index in [2.05, 4.69) is 15.4 Å². The largest absolute Gasteiger partial charge is 0.461 e. The average Bonchev–Trinajstić information content (AvgIpc) is 3.03. The highest BCUT2D eigenvalue weighted by atomic mass is 16.5. The minimum Gasteiger partial charge on any atom is -0.461 e. The Morgan fingerprint density at radius 3 is 2.33 bits per heavy atom. The number of hydrogen-bond acceptors (Lipinski definition) is 6. The van der Waals surface area contributed by atoms with Crippen molar-refractivity contribution in [2.24, 2.45) is 7.05 Å². The number of nitrogens with zero attached hydrogens (tertiary/aromatic N) is 2. The first-order valence-electron chi connectivity index (χ1n) is 8.50. The number of nitrogens with one attached hydrogen (secondary N) is 2. The zero-order chi connectivity index (χ0) is 20.3. The molecule has 0 spiro atoms. The van der Waals surface area contributed by atoms with E-state index in [1.807, 2.05) is 6.92 Å². The van der Waals surface area contributed by atoms with Gasteiger partial charge in [-0.05, 0) is 40.2 Å². The third-order valence-electron chi connectivity index (χ3n) is 4.23. The van der Waals surface area contributed by atoms with Crippen molar-refractivity contribution in [1.29, 1.82) is 0 Å². The molecule has 9 heteroatoms. The number of esters is 2. The predicted octanol–water partition coefficient (Wildman–Crippen LogP) is 1.95. The Labute approximate surface area is 157 Å². The van der Waals surface area contributed by atoms with E-state index in [4.69, 9.17) is 9.47 Å². The van der Waals surface area contributed by atoms with Crippen LogP contribution in [0, 0.1) is 27.7 Å². The summed E-state index contributed by atoms with van der Waals surface area (Å²) < 4.78 is 11.7. The Balaban J connectivity index is 2.05. The molecule has 0 aromatic carbocycles. The van der Waals surface area contributed by atoms with Crippen molar-refractivity contribution in [2.45, 2.75) is 34.6 Å². The number of H-pyrrole nitrogens is 1. The molecule has 1 amide bonds. The van der Waals surface area contributed by atoms with Crippen LogP contribution in [0.3, 0.4) is 0 Å². The van der Waals surface area contributed by atoms with Gasteiger partial charge in [-0.25, -0.2) is 9.59 Å². The second-order valence-electron chi connectivity index (χ2n) is 6.14. The molecule has 146 valence electrons. The number of ether oxygens (including phenoxy) is 2. The smallest absolute Gasteiger partial charge is 0.355 e. The second-order valence-corrected chi connectivity index (χ2v) is 6.14. The lowest BCUT2D eigenvalue weighted by Crippen LogP contribution is -2.22. The number of hydrogen-bond donors (Lipinski definition) is 2. The summed E-state index contributed by atoms with van der Waals surface area (Å²) in [7, 11) is 1.77. The van der Waals surface area contributed by atoms with Crippen LogP contribution in [0.1, 0.15) is 50.4 Å². The van der Waals surface area contributed by atoms with Gasteiger partial charge < -0.3 is 19.8 Å². The molecule has 0 unspecified atom stereocenters. The van der Waals surface area contributed by atoms with E-state index in [1.54, 1.807) is 39.4 Å². The fourth-order valence-corrected chi connectivity index (χ4v) is 2.80. The maximum atomic E-state index is 12.4. The maximum Gasteiger partial charge on any atom is 0.355 e. The number of anilines is 1. The molecule has 0 aliphatic carbocycles. The van der Waals surface area contributed by atoms with E-state index >= 15 is 0 Å². The van der Waals surface area contributed by atoms with E-state index in [0.29, 0.717) is 22.6 Å². The van der Waals surface area contributed by atoms with E-state index in [1.165, 1.54) is 0 Å². The van der Waals surface area contributed by atoms with Gasteiger partial charge in [0, 0.05) is 12.7 Å². The fourth-order valence-electron chi connectivity index (χ4n) is 2.80. The van der Waals surface area contributed by atoms with Crippen LogP contribution in [0.25, 0.3) is 0 Å². The molecule has 0 fully saturated rings. The first kappa shape index (κ1) is 20.2. The predicted molar refractivity (Wildman–Crippen MR) is 97.8 cm³/mol. The lowest BCUT2D eigenvalue weighted by molar-refractivity contribution is -0.119. The summed E-state index contributed by atoms with van der Waals surface area (Å²) in [5.41, 5.74) is 3.38. The molecule has 27 heavy (non-hydrogen) atoms. The van der Waals surface area contributed by atoms with Crippen molar-refractivity contribution in [3.8, 4) is 0 Å². The van der Waals surface area contributed by atoms with Crippen molar-refractivity contribution in [2.75, 3.05) is 18.5 Å². The lowest BCUT2D eigenvalue weighted by atomic mass is 10.1. The summed E-state index contributed by atoms with van der Waals surface area (Å²) in [4.78, 5) is 39.3. The summed E-state index contributed by atoms with van der Waals surface area (Å²) in [5.74, 6) is -1.71. The molecular formula is C18H24N4O5. The van der Waals surface area contributed by atoms with E-state index in [-0.39, 0.29) is 17.9 Å². The molecule has 0 saturated heterocycles. The number of aryl methyl sites for hydroxylation is 3. The summed E-state index contributed by atoms with van der Waals surface area (Å²) in [6.07, 6.45) is 0. The molecule has 0 radical (unpaired) electrons. The molecule has 2 aromatic heterocycles.